The van der Waals surface area contributed by atoms with Gasteiger partial charge in [-0.2, -0.15) is 0 Å². The number of benzene rings is 1. The summed E-state index contributed by atoms with van der Waals surface area (Å²) in [6.07, 6.45) is 0. The third-order valence-corrected chi connectivity index (χ3v) is 4.63. The van der Waals surface area contributed by atoms with Crippen molar-refractivity contribution in [3.63, 3.8) is 0 Å². The number of rotatable bonds is 9. The minimum atomic E-state index is -0.362. The highest BCUT2D eigenvalue weighted by molar-refractivity contribution is 14.0. The fraction of sp³-hybridized carbons (Fsp3) is 0.600. The van der Waals surface area contributed by atoms with Crippen LogP contribution in [0, 0.1) is 5.82 Å². The largest absolute Gasteiger partial charge is 0.491 e. The molecule has 0 unspecified atom stereocenters. The van der Waals surface area contributed by atoms with E-state index in [0.29, 0.717) is 32.8 Å². The van der Waals surface area contributed by atoms with Crippen LogP contribution < -0.4 is 15.4 Å². The average Bonchev–Trinajstić information content (AvgIpc) is 2.72. The lowest BCUT2D eigenvalue weighted by molar-refractivity contribution is -0.122. The minimum absolute atomic E-state index is 0. The van der Waals surface area contributed by atoms with Crippen LogP contribution in [0.2, 0.25) is 0 Å². The lowest BCUT2D eigenvalue weighted by Gasteiger charge is -2.36. The first-order valence-electron chi connectivity index (χ1n) is 9.92. The first kappa shape index (κ1) is 26.4. The van der Waals surface area contributed by atoms with Gasteiger partial charge in [-0.05, 0) is 24.6 Å². The van der Waals surface area contributed by atoms with Gasteiger partial charge in [0.05, 0.1) is 19.8 Å². The maximum Gasteiger partial charge on any atom is 0.234 e. The number of methoxy groups -OCH3 is 1. The third kappa shape index (κ3) is 8.60. The van der Waals surface area contributed by atoms with Crippen molar-refractivity contribution in [2.24, 2.45) is 4.99 Å². The van der Waals surface area contributed by atoms with Gasteiger partial charge < -0.3 is 25.0 Å². The van der Waals surface area contributed by atoms with Crippen LogP contribution in [0.15, 0.2) is 23.2 Å². The molecule has 10 heteroatoms. The fourth-order valence-corrected chi connectivity index (χ4v) is 3.11. The maximum atomic E-state index is 14.0. The van der Waals surface area contributed by atoms with E-state index in [1.165, 1.54) is 6.07 Å². The smallest absolute Gasteiger partial charge is 0.234 e. The van der Waals surface area contributed by atoms with E-state index in [1.54, 1.807) is 20.2 Å². The predicted molar refractivity (Wildman–Crippen MR) is 126 cm³/mol. The number of carbonyl (C=O) groups is 1. The second-order valence-corrected chi connectivity index (χ2v) is 6.70. The summed E-state index contributed by atoms with van der Waals surface area (Å²) in [6, 6.07) is 4.97. The SMILES string of the molecule is CCOc1ccc(CNC(=NC)N2CCN(CC(=O)NCCOC)CC2)cc1F.I. The summed E-state index contributed by atoms with van der Waals surface area (Å²) in [5.41, 5.74) is 0.818. The van der Waals surface area contributed by atoms with Crippen LogP contribution in [0.4, 0.5) is 4.39 Å². The lowest BCUT2D eigenvalue weighted by atomic mass is 10.2. The van der Waals surface area contributed by atoms with Crippen molar-refractivity contribution in [3.05, 3.63) is 29.6 Å². The first-order chi connectivity index (χ1) is 14.1. The summed E-state index contributed by atoms with van der Waals surface area (Å²) >= 11 is 0. The van der Waals surface area contributed by atoms with E-state index in [4.69, 9.17) is 9.47 Å². The molecule has 1 aromatic rings. The Bertz CT molecular complexity index is 684. The first-order valence-corrected chi connectivity index (χ1v) is 9.92. The summed E-state index contributed by atoms with van der Waals surface area (Å²) in [4.78, 5) is 20.5. The van der Waals surface area contributed by atoms with Crippen molar-refractivity contribution >= 4 is 35.8 Å². The summed E-state index contributed by atoms with van der Waals surface area (Å²) in [6.45, 7) is 7.23. The average molecular weight is 537 g/mol. The molecule has 1 aromatic carbocycles. The van der Waals surface area contributed by atoms with Gasteiger partial charge in [-0.25, -0.2) is 4.39 Å². The minimum Gasteiger partial charge on any atom is -0.491 e. The van der Waals surface area contributed by atoms with Gasteiger partial charge in [-0.1, -0.05) is 6.07 Å². The molecular weight excluding hydrogens is 504 g/mol. The molecule has 0 bridgehead atoms. The van der Waals surface area contributed by atoms with Crippen molar-refractivity contribution in [1.29, 1.82) is 0 Å². The van der Waals surface area contributed by atoms with Crippen molar-refractivity contribution < 1.29 is 18.7 Å². The summed E-state index contributed by atoms with van der Waals surface area (Å²) in [7, 11) is 3.34. The van der Waals surface area contributed by atoms with Crippen LogP contribution in [0.25, 0.3) is 0 Å². The van der Waals surface area contributed by atoms with Gasteiger partial charge in [0.25, 0.3) is 0 Å². The van der Waals surface area contributed by atoms with Crippen LogP contribution in [-0.2, 0) is 16.1 Å². The molecule has 1 aliphatic heterocycles. The van der Waals surface area contributed by atoms with Gasteiger partial charge in [0.15, 0.2) is 17.5 Å². The molecule has 1 fully saturated rings. The van der Waals surface area contributed by atoms with Gasteiger partial charge in [-0.15, -0.1) is 24.0 Å². The molecular formula is C20H33FIN5O3. The Balaban J connectivity index is 0.00000450. The number of carbonyl (C=O) groups excluding carboxylic acids is 1. The Morgan fingerprint density at radius 2 is 1.97 bits per heavy atom. The van der Waals surface area contributed by atoms with E-state index in [2.05, 4.69) is 25.4 Å². The number of amides is 1. The quantitative estimate of drug-likeness (QED) is 0.214. The predicted octanol–water partition coefficient (Wildman–Crippen LogP) is 1.30. The number of guanidine groups is 1. The van der Waals surface area contributed by atoms with Crippen molar-refractivity contribution in [2.45, 2.75) is 13.5 Å². The molecule has 2 rings (SSSR count). The molecule has 1 amide bonds. The summed E-state index contributed by atoms with van der Waals surface area (Å²) < 4.78 is 24.2. The second-order valence-electron chi connectivity index (χ2n) is 6.70. The van der Waals surface area contributed by atoms with Gasteiger partial charge in [0, 0.05) is 53.4 Å². The molecule has 1 aliphatic rings. The van der Waals surface area contributed by atoms with Crippen LogP contribution >= 0.6 is 24.0 Å². The highest BCUT2D eigenvalue weighted by Gasteiger charge is 2.21. The Morgan fingerprint density at radius 1 is 1.23 bits per heavy atom. The van der Waals surface area contributed by atoms with Crippen molar-refractivity contribution in [1.82, 2.24) is 20.4 Å². The molecule has 30 heavy (non-hydrogen) atoms. The number of halogens is 2. The van der Waals surface area contributed by atoms with Crippen molar-refractivity contribution in [3.8, 4) is 5.75 Å². The number of aliphatic imine (C=N–C) groups is 1. The molecule has 170 valence electrons. The molecule has 1 saturated heterocycles. The second kappa shape index (κ2) is 14.4. The topological polar surface area (TPSA) is 78.4 Å². The zero-order valence-electron chi connectivity index (χ0n) is 17.9. The monoisotopic (exact) mass is 537 g/mol. The van der Waals surface area contributed by atoms with Gasteiger partial charge >= 0.3 is 0 Å². The molecule has 1 heterocycles. The summed E-state index contributed by atoms with van der Waals surface area (Å²) in [5, 5.41) is 6.12. The summed E-state index contributed by atoms with van der Waals surface area (Å²) in [5.74, 6) is 0.681. The number of hydrogen-bond donors (Lipinski definition) is 2. The molecule has 8 nitrogen and oxygen atoms in total. The number of nitrogens with zero attached hydrogens (tertiary/aromatic N) is 3. The van der Waals surface area contributed by atoms with Gasteiger partial charge in [-0.3, -0.25) is 14.7 Å². The Morgan fingerprint density at radius 3 is 2.57 bits per heavy atom. The maximum absolute atomic E-state index is 14.0. The molecule has 0 radical (unpaired) electrons. The molecule has 2 N–H and O–H groups in total. The van der Waals surface area contributed by atoms with E-state index in [9.17, 15) is 9.18 Å². The Kier molecular flexibility index (Phi) is 12.6. The lowest BCUT2D eigenvalue weighted by Crippen LogP contribution is -2.54. The van der Waals surface area contributed by atoms with E-state index in [-0.39, 0.29) is 41.5 Å². The Labute approximate surface area is 195 Å². The van der Waals surface area contributed by atoms with Crippen LogP contribution in [0.5, 0.6) is 5.75 Å². The standard InChI is InChI=1S/C20H32FN5O3.HI/c1-4-29-18-6-5-16(13-17(18)21)14-24-20(22-2)26-10-8-25(9-11-26)15-19(27)23-7-12-28-3;/h5-6,13H,4,7-12,14-15H2,1-3H3,(H,22,24)(H,23,27);1H. The highest BCUT2D eigenvalue weighted by Crippen LogP contribution is 2.18. The van der Waals surface area contributed by atoms with Gasteiger partial charge in [0.1, 0.15) is 0 Å². The third-order valence-electron chi connectivity index (χ3n) is 4.63. The fourth-order valence-electron chi connectivity index (χ4n) is 3.11. The van der Waals surface area contributed by atoms with Crippen LogP contribution in [0.1, 0.15) is 12.5 Å². The van der Waals surface area contributed by atoms with Crippen LogP contribution in [0.3, 0.4) is 0 Å². The molecule has 0 atom stereocenters. The van der Waals surface area contributed by atoms with Crippen LogP contribution in [-0.4, -0.2) is 88.3 Å². The molecule has 0 saturated carbocycles. The Hall–Kier alpha value is -1.66. The number of ether oxygens (including phenoxy) is 2. The molecule has 0 aliphatic carbocycles. The molecule has 0 spiro atoms. The highest BCUT2D eigenvalue weighted by atomic mass is 127. The van der Waals surface area contributed by atoms with E-state index in [1.807, 2.05) is 13.0 Å². The van der Waals surface area contributed by atoms with E-state index >= 15 is 0 Å². The van der Waals surface area contributed by atoms with Gasteiger partial charge in [0.2, 0.25) is 5.91 Å². The number of piperazine rings is 1. The van der Waals surface area contributed by atoms with E-state index < -0.39 is 0 Å². The zero-order valence-corrected chi connectivity index (χ0v) is 20.3. The van der Waals surface area contributed by atoms with Crippen molar-refractivity contribution in [2.75, 3.05) is 66.6 Å². The van der Waals surface area contributed by atoms with E-state index in [0.717, 1.165) is 37.7 Å². The zero-order chi connectivity index (χ0) is 21.1. The molecule has 0 aromatic heterocycles. The normalized spacial score (nSPS) is 14.8. The number of nitrogens with one attached hydrogen (secondary N) is 2. The number of hydrogen-bond acceptors (Lipinski definition) is 5.